The SMILES string of the molecule is CCN(C)CC[CH2][In]([CH2]C)[CH2]C. The Bertz CT molecular complexity index is 91.8. The summed E-state index contributed by atoms with van der Waals surface area (Å²) in [7, 11) is 2.22. The molecule has 1 nitrogen and oxygen atoms in total. The molecule has 0 aromatic rings. The second kappa shape index (κ2) is 8.43. The zero-order valence-electron chi connectivity index (χ0n) is 9.27. The van der Waals surface area contributed by atoms with Gasteiger partial charge in [0.1, 0.15) is 0 Å². The Morgan fingerprint density at radius 3 is 2.08 bits per heavy atom. The van der Waals surface area contributed by atoms with Crippen LogP contribution in [-0.4, -0.2) is 46.5 Å². The summed E-state index contributed by atoms with van der Waals surface area (Å²) in [5, 5.41) is 0. The van der Waals surface area contributed by atoms with Crippen molar-refractivity contribution in [1.29, 1.82) is 0 Å². The van der Waals surface area contributed by atoms with Crippen LogP contribution in [0.25, 0.3) is 0 Å². The molecule has 0 saturated heterocycles. The van der Waals surface area contributed by atoms with Crippen molar-refractivity contribution in [2.45, 2.75) is 39.7 Å². The summed E-state index contributed by atoms with van der Waals surface area (Å²) in [4.78, 5) is 2.42. The first-order valence-corrected chi connectivity index (χ1v) is 12.4. The van der Waals surface area contributed by atoms with Gasteiger partial charge in [-0.25, -0.2) is 0 Å². The summed E-state index contributed by atoms with van der Waals surface area (Å²) in [6, 6.07) is 0. The van der Waals surface area contributed by atoms with E-state index in [1.807, 2.05) is 0 Å². The van der Waals surface area contributed by atoms with Crippen LogP contribution in [0.5, 0.6) is 0 Å². The average Bonchev–Trinajstić information content (AvgIpc) is 2.12. The van der Waals surface area contributed by atoms with Crippen molar-refractivity contribution in [3.8, 4) is 0 Å². The summed E-state index contributed by atoms with van der Waals surface area (Å²) in [5.41, 5.74) is 0. The summed E-state index contributed by atoms with van der Waals surface area (Å²) in [5.74, 6) is 0. The van der Waals surface area contributed by atoms with Crippen LogP contribution in [-0.2, 0) is 0 Å². The fourth-order valence-corrected chi connectivity index (χ4v) is 7.65. The summed E-state index contributed by atoms with van der Waals surface area (Å²) in [6.07, 6.45) is 1.47. The molecule has 0 atom stereocenters. The number of rotatable bonds is 7. The number of hydrogen-bond donors (Lipinski definition) is 0. The van der Waals surface area contributed by atoms with Gasteiger partial charge in [-0.15, -0.1) is 0 Å². The quantitative estimate of drug-likeness (QED) is 0.689. The Balaban J connectivity index is 3.28. The first kappa shape index (κ1) is 12.8. The van der Waals surface area contributed by atoms with Crippen LogP contribution in [0.2, 0.25) is 12.5 Å². The van der Waals surface area contributed by atoms with Gasteiger partial charge in [-0.05, 0) is 0 Å². The van der Waals surface area contributed by atoms with E-state index in [-0.39, 0.29) is 0 Å². The van der Waals surface area contributed by atoms with Crippen LogP contribution < -0.4 is 0 Å². The van der Waals surface area contributed by atoms with Gasteiger partial charge in [-0.3, -0.25) is 0 Å². The molecule has 12 heavy (non-hydrogen) atoms. The van der Waals surface area contributed by atoms with Crippen molar-refractivity contribution in [2.24, 2.45) is 0 Å². The molecule has 0 N–H and O–H groups in total. The van der Waals surface area contributed by atoms with E-state index in [1.165, 1.54) is 19.5 Å². The molecule has 0 radical (unpaired) electrons. The minimum absolute atomic E-state index is 0.932. The second-order valence-corrected chi connectivity index (χ2v) is 15.0. The van der Waals surface area contributed by atoms with Gasteiger partial charge in [0.05, 0.1) is 0 Å². The van der Waals surface area contributed by atoms with Gasteiger partial charge < -0.3 is 0 Å². The molecule has 72 valence electrons. The maximum absolute atomic E-state index is 2.42. The molecule has 0 aromatic heterocycles. The third kappa shape index (κ3) is 6.36. The van der Waals surface area contributed by atoms with Crippen LogP contribution in [0.15, 0.2) is 0 Å². The molecule has 0 rings (SSSR count). The Morgan fingerprint density at radius 1 is 1.08 bits per heavy atom. The zero-order valence-corrected chi connectivity index (χ0v) is 12.6. The van der Waals surface area contributed by atoms with Crippen molar-refractivity contribution < 1.29 is 0 Å². The molecule has 0 amide bonds. The van der Waals surface area contributed by atoms with Crippen LogP contribution in [0.1, 0.15) is 27.2 Å². The summed E-state index contributed by atoms with van der Waals surface area (Å²) in [6.45, 7) is 9.56. The fourth-order valence-electron chi connectivity index (χ4n) is 1.50. The molecular weight excluding hydrogens is 249 g/mol. The fraction of sp³-hybridized carbons (Fsp3) is 1.00. The molecule has 0 saturated carbocycles. The predicted molar refractivity (Wildman–Crippen MR) is 59.3 cm³/mol. The van der Waals surface area contributed by atoms with E-state index in [1.54, 1.807) is 12.5 Å². The average molecular weight is 273 g/mol. The molecule has 0 bridgehead atoms. The van der Waals surface area contributed by atoms with Gasteiger partial charge in [0.15, 0.2) is 0 Å². The molecule has 0 fully saturated rings. The summed E-state index contributed by atoms with van der Waals surface area (Å²) < 4.78 is 4.75. The number of nitrogens with zero attached hydrogens (tertiary/aromatic N) is 1. The van der Waals surface area contributed by atoms with Crippen molar-refractivity contribution in [2.75, 3.05) is 20.1 Å². The number of hydrogen-bond acceptors (Lipinski definition) is 1. The Kier molecular flexibility index (Phi) is 9.01. The van der Waals surface area contributed by atoms with E-state index in [2.05, 4.69) is 32.7 Å². The van der Waals surface area contributed by atoms with Gasteiger partial charge in [0, 0.05) is 0 Å². The van der Waals surface area contributed by atoms with E-state index in [4.69, 9.17) is 0 Å². The van der Waals surface area contributed by atoms with E-state index < -0.39 is 21.4 Å². The first-order chi connectivity index (χ1) is 5.74. The third-order valence-electron chi connectivity index (χ3n) is 2.85. The van der Waals surface area contributed by atoms with E-state index >= 15 is 0 Å². The third-order valence-corrected chi connectivity index (χ3v) is 12.9. The van der Waals surface area contributed by atoms with Crippen LogP contribution in [0.4, 0.5) is 0 Å². The molecular formula is C10H24InN. The molecule has 0 aromatic carbocycles. The minimum atomic E-state index is -0.932. The van der Waals surface area contributed by atoms with Crippen molar-refractivity contribution >= 4 is 21.4 Å². The van der Waals surface area contributed by atoms with Crippen molar-refractivity contribution in [1.82, 2.24) is 4.90 Å². The first-order valence-electron chi connectivity index (χ1n) is 5.43. The van der Waals surface area contributed by atoms with E-state index in [0.717, 1.165) is 0 Å². The molecule has 0 aliphatic rings. The van der Waals surface area contributed by atoms with Crippen LogP contribution in [0, 0.1) is 0 Å². The Morgan fingerprint density at radius 2 is 1.67 bits per heavy atom. The van der Waals surface area contributed by atoms with Crippen LogP contribution in [0.3, 0.4) is 0 Å². The van der Waals surface area contributed by atoms with E-state index in [0.29, 0.717) is 0 Å². The Hall–Kier alpha value is 0.830. The van der Waals surface area contributed by atoms with Crippen LogP contribution >= 0.6 is 0 Å². The molecule has 0 aliphatic carbocycles. The predicted octanol–water partition coefficient (Wildman–Crippen LogP) is 2.86. The second-order valence-electron chi connectivity index (χ2n) is 3.72. The topological polar surface area (TPSA) is 3.24 Å². The maximum atomic E-state index is 2.42. The molecule has 0 spiro atoms. The normalized spacial score (nSPS) is 10.8. The van der Waals surface area contributed by atoms with Crippen molar-refractivity contribution in [3.63, 3.8) is 0 Å². The standard InChI is InChI=1S/C6H14N.2C2H5.In/c1-4-6-7(3)5-2;2*1-2;/h1,4-6H2,2-3H3;2*1H2,2H3;. The summed E-state index contributed by atoms with van der Waals surface area (Å²) >= 11 is -0.932. The monoisotopic (exact) mass is 273 g/mol. The van der Waals surface area contributed by atoms with Gasteiger partial charge >= 0.3 is 86.2 Å². The Labute approximate surface area is 86.1 Å². The molecule has 0 unspecified atom stereocenters. The van der Waals surface area contributed by atoms with Gasteiger partial charge in [-0.2, -0.15) is 0 Å². The van der Waals surface area contributed by atoms with Crippen molar-refractivity contribution in [3.05, 3.63) is 0 Å². The van der Waals surface area contributed by atoms with Gasteiger partial charge in [-0.1, -0.05) is 0 Å². The van der Waals surface area contributed by atoms with Gasteiger partial charge in [0.2, 0.25) is 0 Å². The van der Waals surface area contributed by atoms with E-state index in [9.17, 15) is 0 Å². The molecule has 2 heteroatoms. The zero-order chi connectivity index (χ0) is 9.40. The van der Waals surface area contributed by atoms with Gasteiger partial charge in [0.25, 0.3) is 0 Å². The molecule has 0 aliphatic heterocycles. The molecule has 0 heterocycles.